The number of nitrogens with zero attached hydrogens (tertiary/aromatic N) is 3. The number of nitrogens with one attached hydrogen (secondary N) is 1. The molecule has 1 aromatic carbocycles. The minimum Gasteiger partial charge on any atom is -0.379 e. The standard InChI is InChI=1S/C14H13FN4O2S/c1-8-17-18-13(22-8)16-12(20)14(2)7-11(19-21-14)9-5-3-4-6-10(9)15/h3-6H,7H2,1-2H3,(H,16,18,20)/t14-/m0/s1. The third-order valence-electron chi connectivity index (χ3n) is 3.27. The van der Waals surface area contributed by atoms with Crippen LogP contribution in [0.3, 0.4) is 0 Å². The fraction of sp³-hybridized carbons (Fsp3) is 0.286. The van der Waals surface area contributed by atoms with Crippen molar-refractivity contribution in [1.29, 1.82) is 0 Å². The largest absolute Gasteiger partial charge is 0.379 e. The molecule has 2 heterocycles. The van der Waals surface area contributed by atoms with Gasteiger partial charge < -0.3 is 4.84 Å². The maximum Gasteiger partial charge on any atom is 0.273 e. The van der Waals surface area contributed by atoms with Crippen molar-refractivity contribution in [2.45, 2.75) is 25.9 Å². The average Bonchev–Trinajstić information content (AvgIpc) is 3.07. The van der Waals surface area contributed by atoms with Gasteiger partial charge in [-0.2, -0.15) is 0 Å². The zero-order chi connectivity index (χ0) is 15.7. The number of rotatable bonds is 3. The molecule has 0 saturated heterocycles. The smallest absolute Gasteiger partial charge is 0.273 e. The van der Waals surface area contributed by atoms with E-state index < -0.39 is 17.3 Å². The first-order valence-corrected chi connectivity index (χ1v) is 7.41. The third-order valence-corrected chi connectivity index (χ3v) is 4.03. The van der Waals surface area contributed by atoms with Crippen molar-refractivity contribution in [2.24, 2.45) is 5.16 Å². The second-order valence-corrected chi connectivity index (χ2v) is 6.28. The zero-order valence-corrected chi connectivity index (χ0v) is 12.8. The maximum absolute atomic E-state index is 13.8. The Balaban J connectivity index is 1.74. The molecule has 0 unspecified atom stereocenters. The quantitative estimate of drug-likeness (QED) is 0.942. The predicted molar refractivity (Wildman–Crippen MR) is 80.3 cm³/mol. The topological polar surface area (TPSA) is 76.5 Å². The number of aromatic nitrogens is 2. The number of hydrogen-bond donors (Lipinski definition) is 1. The van der Waals surface area contributed by atoms with Gasteiger partial charge in [0.15, 0.2) is 0 Å². The molecule has 22 heavy (non-hydrogen) atoms. The van der Waals surface area contributed by atoms with Gasteiger partial charge in [0.25, 0.3) is 5.91 Å². The Bertz CT molecular complexity index is 761. The molecule has 1 aliphatic rings. The van der Waals surface area contributed by atoms with Crippen LogP contribution in [0.2, 0.25) is 0 Å². The Hall–Kier alpha value is -2.35. The number of oxime groups is 1. The monoisotopic (exact) mass is 320 g/mol. The zero-order valence-electron chi connectivity index (χ0n) is 12.0. The lowest BCUT2D eigenvalue weighted by atomic mass is 9.95. The Morgan fingerprint density at radius 3 is 2.86 bits per heavy atom. The summed E-state index contributed by atoms with van der Waals surface area (Å²) in [6, 6.07) is 6.26. The second-order valence-electron chi connectivity index (χ2n) is 5.10. The van der Waals surface area contributed by atoms with Crippen LogP contribution in [0, 0.1) is 12.7 Å². The predicted octanol–water partition coefficient (Wildman–Crippen LogP) is 2.51. The van der Waals surface area contributed by atoms with Crippen molar-refractivity contribution in [3.63, 3.8) is 0 Å². The summed E-state index contributed by atoms with van der Waals surface area (Å²) in [6.07, 6.45) is 0.178. The summed E-state index contributed by atoms with van der Waals surface area (Å²) in [5.74, 6) is -0.784. The minimum absolute atomic E-state index is 0.178. The number of amides is 1. The lowest BCUT2D eigenvalue weighted by Gasteiger charge is -2.19. The van der Waals surface area contributed by atoms with Crippen molar-refractivity contribution in [3.8, 4) is 0 Å². The van der Waals surface area contributed by atoms with Crippen molar-refractivity contribution < 1.29 is 14.0 Å². The summed E-state index contributed by atoms with van der Waals surface area (Å²) >= 11 is 1.27. The van der Waals surface area contributed by atoms with Crippen LogP contribution in [0.25, 0.3) is 0 Å². The van der Waals surface area contributed by atoms with Gasteiger partial charge in [-0.3, -0.25) is 10.1 Å². The number of anilines is 1. The van der Waals surface area contributed by atoms with Gasteiger partial charge in [0.05, 0.1) is 5.71 Å². The molecule has 1 atom stereocenters. The van der Waals surface area contributed by atoms with Crippen LogP contribution in [0.1, 0.15) is 23.9 Å². The van der Waals surface area contributed by atoms with Gasteiger partial charge in [-0.15, -0.1) is 10.2 Å². The van der Waals surface area contributed by atoms with Crippen LogP contribution in [0.4, 0.5) is 9.52 Å². The van der Waals surface area contributed by atoms with E-state index in [2.05, 4.69) is 20.7 Å². The van der Waals surface area contributed by atoms with Crippen molar-refractivity contribution in [2.75, 3.05) is 5.32 Å². The van der Waals surface area contributed by atoms with Crippen molar-refractivity contribution in [1.82, 2.24) is 10.2 Å². The van der Waals surface area contributed by atoms with Crippen LogP contribution in [0.5, 0.6) is 0 Å². The Morgan fingerprint density at radius 2 is 2.18 bits per heavy atom. The Labute approximate surface area is 130 Å². The van der Waals surface area contributed by atoms with Crippen LogP contribution in [-0.4, -0.2) is 27.4 Å². The van der Waals surface area contributed by atoms with E-state index in [1.54, 1.807) is 32.0 Å². The summed E-state index contributed by atoms with van der Waals surface area (Å²) < 4.78 is 13.8. The molecule has 1 aliphatic heterocycles. The van der Waals surface area contributed by atoms with Gasteiger partial charge >= 0.3 is 0 Å². The number of aryl methyl sites for hydroxylation is 1. The summed E-state index contributed by atoms with van der Waals surface area (Å²) in [5.41, 5.74) is -0.452. The highest BCUT2D eigenvalue weighted by Gasteiger charge is 2.43. The molecule has 0 aliphatic carbocycles. The summed E-state index contributed by atoms with van der Waals surface area (Å²) in [4.78, 5) is 17.6. The van der Waals surface area contributed by atoms with Crippen LogP contribution in [0.15, 0.2) is 29.4 Å². The second kappa shape index (κ2) is 5.45. The first kappa shape index (κ1) is 14.6. The highest BCUT2D eigenvalue weighted by atomic mass is 32.1. The Morgan fingerprint density at radius 1 is 1.41 bits per heavy atom. The van der Waals surface area contributed by atoms with E-state index in [0.29, 0.717) is 16.4 Å². The maximum atomic E-state index is 13.8. The molecule has 0 spiro atoms. The highest BCUT2D eigenvalue weighted by Crippen LogP contribution is 2.29. The number of halogens is 1. The number of hydrogen-bond acceptors (Lipinski definition) is 6. The summed E-state index contributed by atoms with van der Waals surface area (Å²) in [7, 11) is 0. The van der Waals surface area contributed by atoms with E-state index in [0.717, 1.165) is 5.01 Å². The van der Waals surface area contributed by atoms with Gasteiger partial charge in [-0.05, 0) is 19.9 Å². The molecule has 0 saturated carbocycles. The molecule has 2 aromatic rings. The molecule has 1 amide bonds. The highest BCUT2D eigenvalue weighted by molar-refractivity contribution is 7.15. The number of carbonyl (C=O) groups excluding carboxylic acids is 1. The van der Waals surface area contributed by atoms with E-state index >= 15 is 0 Å². The normalized spacial score (nSPS) is 20.4. The number of benzene rings is 1. The van der Waals surface area contributed by atoms with E-state index in [1.807, 2.05) is 0 Å². The third kappa shape index (κ3) is 2.69. The molecule has 0 radical (unpaired) electrons. The molecular formula is C14H13FN4O2S. The lowest BCUT2D eigenvalue weighted by Crippen LogP contribution is -2.40. The molecule has 0 bridgehead atoms. The van der Waals surface area contributed by atoms with Crippen molar-refractivity contribution >= 4 is 28.1 Å². The first-order chi connectivity index (χ1) is 10.5. The lowest BCUT2D eigenvalue weighted by molar-refractivity contribution is -0.135. The fourth-order valence-corrected chi connectivity index (χ4v) is 2.66. The first-order valence-electron chi connectivity index (χ1n) is 6.59. The van der Waals surface area contributed by atoms with Gasteiger partial charge in [-0.1, -0.05) is 34.7 Å². The minimum atomic E-state index is -1.20. The van der Waals surface area contributed by atoms with Gasteiger partial charge in [0.2, 0.25) is 10.7 Å². The molecule has 3 rings (SSSR count). The Kier molecular flexibility index (Phi) is 3.61. The molecule has 0 fully saturated rings. The van der Waals surface area contributed by atoms with Gasteiger partial charge in [0.1, 0.15) is 10.8 Å². The average molecular weight is 320 g/mol. The van der Waals surface area contributed by atoms with E-state index in [4.69, 9.17) is 4.84 Å². The van der Waals surface area contributed by atoms with Crippen LogP contribution in [-0.2, 0) is 9.63 Å². The fourth-order valence-electron chi connectivity index (χ4n) is 2.08. The van der Waals surface area contributed by atoms with Crippen LogP contribution < -0.4 is 5.32 Å². The molecule has 6 nitrogen and oxygen atoms in total. The molecule has 114 valence electrons. The van der Waals surface area contributed by atoms with E-state index in [1.165, 1.54) is 17.4 Å². The molecule has 8 heteroatoms. The van der Waals surface area contributed by atoms with E-state index in [9.17, 15) is 9.18 Å². The van der Waals surface area contributed by atoms with Crippen LogP contribution >= 0.6 is 11.3 Å². The molecule has 1 N–H and O–H groups in total. The summed E-state index contributed by atoms with van der Waals surface area (Å²) in [5, 5.41) is 15.3. The van der Waals surface area contributed by atoms with Gasteiger partial charge in [0, 0.05) is 12.0 Å². The van der Waals surface area contributed by atoms with Gasteiger partial charge in [-0.25, -0.2) is 4.39 Å². The number of carbonyl (C=O) groups is 1. The molecule has 1 aromatic heterocycles. The SMILES string of the molecule is Cc1nnc(NC(=O)[C@]2(C)CC(c3ccccc3F)=NO2)s1. The van der Waals surface area contributed by atoms with E-state index in [-0.39, 0.29) is 6.42 Å². The molecular weight excluding hydrogens is 307 g/mol. The van der Waals surface area contributed by atoms with Crippen molar-refractivity contribution in [3.05, 3.63) is 40.7 Å². The summed E-state index contributed by atoms with van der Waals surface area (Å²) in [6.45, 7) is 3.40.